The van der Waals surface area contributed by atoms with Crippen molar-refractivity contribution in [3.05, 3.63) is 311 Å². The predicted octanol–water partition coefficient (Wildman–Crippen LogP) is 24.3. The first-order chi connectivity index (χ1) is 44.7. The third-order valence-electron chi connectivity index (χ3n) is 19.8. The fraction of sp³-hybridized carbons (Fsp3) is 0.163. The monoisotopic (exact) mass is 1190 g/mol. The lowest BCUT2D eigenvalue weighted by molar-refractivity contribution is 0.0338. The van der Waals surface area contributed by atoms with Crippen molar-refractivity contribution in [3.8, 4) is 0 Å². The van der Waals surface area contributed by atoms with Crippen LogP contribution in [0.5, 0.6) is 0 Å². The Morgan fingerprint density at radius 3 is 0.489 bits per heavy atom. The summed E-state index contributed by atoms with van der Waals surface area (Å²) in [5.41, 5.74) is 28.2. The lowest BCUT2D eigenvalue weighted by atomic mass is 9.66. The topological polar surface area (TPSA) is 22.8 Å². The average Bonchev–Trinajstić information content (AvgIpc) is 1.50. The summed E-state index contributed by atoms with van der Waals surface area (Å²) >= 11 is 0. The van der Waals surface area contributed by atoms with Crippen LogP contribution in [-0.4, -0.2) is 9.13 Å². The molecule has 0 bridgehead atoms. The molecule has 2 heterocycles. The van der Waals surface area contributed by atoms with Gasteiger partial charge in [-0.2, -0.15) is 0 Å². The maximum absolute atomic E-state index is 2.74. The molecule has 4 unspecified atom stereocenters. The van der Waals surface area contributed by atoms with Crippen LogP contribution >= 0.6 is 0 Å². The molecule has 0 radical (unpaired) electrons. The van der Waals surface area contributed by atoms with Crippen LogP contribution in [0.25, 0.3) is 43.6 Å². The van der Waals surface area contributed by atoms with Crippen LogP contribution in [0.15, 0.2) is 267 Å². The van der Waals surface area contributed by atoms with E-state index in [2.05, 4.69) is 365 Å². The molecule has 0 aliphatic heterocycles. The standard InChI is InChI=1S/C86H78N6/c1-55-11-27-65(28-12-55)87(66-29-13-56(2)14-30-66)73-43-47-81-77(51-73)78-52-74(88(67-31-15-57(3)16-32-67)68-33-17-58(4)18-34-68)44-48-82(78)91(81)85-63(9)64(10)86(85)92-83-49-45-75(89(69-35-19-59(5)20-36-69)70-37-21-60(6)22-38-70)53-79(83)80-54-76(46-50-84(80)92)90(71-39-23-61(7)24-40-71)72-41-25-62(8)26-42-72/h11-54,63-64,85-86H,1-10H3. The number of fused-ring (bicyclic) bond motifs is 6. The Hall–Kier alpha value is -10.6. The lowest BCUT2D eigenvalue weighted by Gasteiger charge is -2.51. The number of rotatable bonds is 14. The number of anilines is 12. The van der Waals surface area contributed by atoms with E-state index < -0.39 is 0 Å². The lowest BCUT2D eigenvalue weighted by Crippen LogP contribution is -2.46. The summed E-state index contributed by atoms with van der Waals surface area (Å²) in [6.07, 6.45) is 0. The molecule has 92 heavy (non-hydrogen) atoms. The van der Waals surface area contributed by atoms with Gasteiger partial charge in [0.1, 0.15) is 0 Å². The van der Waals surface area contributed by atoms with Gasteiger partial charge in [-0.05, 0) is 237 Å². The fourth-order valence-corrected chi connectivity index (χ4v) is 14.5. The van der Waals surface area contributed by atoms with Crippen LogP contribution in [0.2, 0.25) is 0 Å². The molecule has 15 rings (SSSR count). The number of hydrogen-bond donors (Lipinski definition) is 0. The Labute approximate surface area is 542 Å². The van der Waals surface area contributed by atoms with E-state index in [1.54, 1.807) is 0 Å². The molecule has 0 saturated heterocycles. The molecule has 14 aromatic rings. The van der Waals surface area contributed by atoms with E-state index >= 15 is 0 Å². The van der Waals surface area contributed by atoms with Gasteiger partial charge in [-0.25, -0.2) is 0 Å². The molecule has 452 valence electrons. The summed E-state index contributed by atoms with van der Waals surface area (Å²) in [5, 5.41) is 4.88. The average molecular weight is 1200 g/mol. The molecular formula is C86H78N6. The molecule has 0 spiro atoms. The minimum absolute atomic E-state index is 0.0867. The van der Waals surface area contributed by atoms with Crippen LogP contribution in [0.4, 0.5) is 68.2 Å². The molecule has 1 fully saturated rings. The van der Waals surface area contributed by atoms with Gasteiger partial charge in [0.15, 0.2) is 0 Å². The Morgan fingerprint density at radius 1 is 0.196 bits per heavy atom. The molecule has 1 aliphatic rings. The number of nitrogens with zero attached hydrogens (tertiary/aromatic N) is 6. The third-order valence-corrected chi connectivity index (χ3v) is 19.8. The molecule has 6 heteroatoms. The largest absolute Gasteiger partial charge is 0.335 e. The quantitative estimate of drug-likeness (QED) is 0.108. The highest BCUT2D eigenvalue weighted by atomic mass is 15.2. The SMILES string of the molecule is Cc1ccc(N(c2ccc(C)cc2)c2ccc3c(c2)c2cc(N(c4ccc(C)cc4)c4ccc(C)cc4)ccc2n3C2C(C)C(C)C2n2c3ccc(N(c4ccc(C)cc4)c4ccc(C)cc4)cc3c3cc(N(c4ccc(C)cc4)c4ccc(C)cc4)ccc32)cc1. The third kappa shape index (κ3) is 10.3. The summed E-state index contributed by atoms with van der Waals surface area (Å²) in [7, 11) is 0. The van der Waals surface area contributed by atoms with Gasteiger partial charge in [-0.15, -0.1) is 0 Å². The highest BCUT2D eigenvalue weighted by molar-refractivity contribution is 6.13. The first-order valence-electron chi connectivity index (χ1n) is 32.6. The second kappa shape index (κ2) is 23.4. The molecule has 1 aliphatic carbocycles. The number of aryl methyl sites for hydroxylation is 8. The Bertz CT molecular complexity index is 4210. The van der Waals surface area contributed by atoms with Crippen molar-refractivity contribution < 1.29 is 0 Å². The van der Waals surface area contributed by atoms with Crippen LogP contribution in [0.3, 0.4) is 0 Å². The molecule has 4 atom stereocenters. The second-order valence-corrected chi connectivity index (χ2v) is 26.3. The van der Waals surface area contributed by atoms with E-state index in [1.165, 1.54) is 88.1 Å². The van der Waals surface area contributed by atoms with Gasteiger partial charge in [-0.1, -0.05) is 155 Å². The van der Waals surface area contributed by atoms with Crippen LogP contribution < -0.4 is 19.6 Å². The Balaban J connectivity index is 0.966. The minimum Gasteiger partial charge on any atom is -0.335 e. The molecule has 12 aromatic carbocycles. The van der Waals surface area contributed by atoms with Gasteiger partial charge in [0.05, 0.1) is 12.1 Å². The minimum atomic E-state index is 0.0867. The van der Waals surface area contributed by atoms with Gasteiger partial charge < -0.3 is 28.7 Å². The van der Waals surface area contributed by atoms with Gasteiger partial charge in [0.25, 0.3) is 0 Å². The fourth-order valence-electron chi connectivity index (χ4n) is 14.5. The highest BCUT2D eigenvalue weighted by Crippen LogP contribution is 2.58. The highest BCUT2D eigenvalue weighted by Gasteiger charge is 2.49. The maximum Gasteiger partial charge on any atom is 0.0581 e. The van der Waals surface area contributed by atoms with Gasteiger partial charge in [-0.3, -0.25) is 0 Å². The number of aromatic nitrogens is 2. The summed E-state index contributed by atoms with van der Waals surface area (Å²) < 4.78 is 5.48. The van der Waals surface area contributed by atoms with Crippen LogP contribution in [-0.2, 0) is 0 Å². The maximum atomic E-state index is 2.74. The predicted molar refractivity (Wildman–Crippen MR) is 392 cm³/mol. The first-order valence-corrected chi connectivity index (χ1v) is 32.6. The summed E-state index contributed by atoms with van der Waals surface area (Å²) in [6, 6.07) is 101. The van der Waals surface area contributed by atoms with Crippen molar-refractivity contribution in [3.63, 3.8) is 0 Å². The van der Waals surface area contributed by atoms with E-state index in [4.69, 9.17) is 0 Å². The van der Waals surface area contributed by atoms with E-state index in [-0.39, 0.29) is 12.1 Å². The Kier molecular flexibility index (Phi) is 14.7. The zero-order chi connectivity index (χ0) is 63.1. The van der Waals surface area contributed by atoms with Crippen molar-refractivity contribution in [2.75, 3.05) is 19.6 Å². The molecule has 2 aromatic heterocycles. The van der Waals surface area contributed by atoms with E-state index in [1.807, 2.05) is 0 Å². The van der Waals surface area contributed by atoms with Gasteiger partial charge in [0, 0.05) is 112 Å². The van der Waals surface area contributed by atoms with Crippen LogP contribution in [0, 0.1) is 67.2 Å². The van der Waals surface area contributed by atoms with Gasteiger partial charge >= 0.3 is 0 Å². The molecule has 0 N–H and O–H groups in total. The molecule has 6 nitrogen and oxygen atoms in total. The van der Waals surface area contributed by atoms with E-state index in [9.17, 15) is 0 Å². The van der Waals surface area contributed by atoms with Crippen molar-refractivity contribution in [2.45, 2.75) is 81.3 Å². The number of benzene rings is 12. The zero-order valence-corrected chi connectivity index (χ0v) is 54.4. The van der Waals surface area contributed by atoms with Crippen LogP contribution in [0.1, 0.15) is 70.4 Å². The van der Waals surface area contributed by atoms with Crippen molar-refractivity contribution in [2.24, 2.45) is 11.8 Å². The van der Waals surface area contributed by atoms with E-state index in [0.29, 0.717) is 11.8 Å². The van der Waals surface area contributed by atoms with E-state index in [0.717, 1.165) is 68.2 Å². The van der Waals surface area contributed by atoms with Gasteiger partial charge in [0.2, 0.25) is 0 Å². The zero-order valence-electron chi connectivity index (χ0n) is 54.4. The van der Waals surface area contributed by atoms with Crippen molar-refractivity contribution >= 4 is 112 Å². The second-order valence-electron chi connectivity index (χ2n) is 26.3. The summed E-state index contributed by atoms with van der Waals surface area (Å²) in [6.45, 7) is 22.3. The Morgan fingerprint density at radius 2 is 0.337 bits per heavy atom. The van der Waals surface area contributed by atoms with Crippen molar-refractivity contribution in [1.29, 1.82) is 0 Å². The van der Waals surface area contributed by atoms with Crippen molar-refractivity contribution in [1.82, 2.24) is 9.13 Å². The first kappa shape index (κ1) is 57.9. The number of hydrogen-bond acceptors (Lipinski definition) is 4. The molecule has 1 saturated carbocycles. The molecule has 0 amide bonds. The normalized spacial score (nSPS) is 15.5. The summed E-state index contributed by atoms with van der Waals surface area (Å²) in [4.78, 5) is 9.69. The summed E-state index contributed by atoms with van der Waals surface area (Å²) in [5.74, 6) is 0.657. The molecular weight excluding hydrogens is 1120 g/mol. The smallest absolute Gasteiger partial charge is 0.0581 e.